The summed E-state index contributed by atoms with van der Waals surface area (Å²) in [6.45, 7) is 3.74. The first kappa shape index (κ1) is 8.10. The summed E-state index contributed by atoms with van der Waals surface area (Å²) in [5, 5.41) is 1.28. The summed E-state index contributed by atoms with van der Waals surface area (Å²) in [7, 11) is 0.737. The molecule has 0 saturated heterocycles. The van der Waals surface area contributed by atoms with Crippen LogP contribution >= 0.6 is 8.19 Å². The van der Waals surface area contributed by atoms with E-state index >= 15 is 0 Å². The third-order valence-corrected chi connectivity index (χ3v) is 2.35. The van der Waals surface area contributed by atoms with Crippen LogP contribution < -0.4 is 0 Å². The van der Waals surface area contributed by atoms with E-state index in [2.05, 4.69) is 24.5 Å². The second-order valence-electron chi connectivity index (χ2n) is 2.10. The van der Waals surface area contributed by atoms with Crippen LogP contribution in [-0.4, -0.2) is 0 Å². The lowest BCUT2D eigenvalue weighted by atomic mass is 10.4. The maximum Gasteiger partial charge on any atom is -0.00966 e. The van der Waals surface area contributed by atoms with E-state index in [0.717, 1.165) is 8.19 Å². The van der Waals surface area contributed by atoms with Gasteiger partial charge in [-0.15, -0.1) is 8.19 Å². The smallest absolute Gasteiger partial charge is 0.00966 e. The third-order valence-electron chi connectivity index (χ3n) is 1.29. The normalized spacial score (nSPS) is 9.09. The van der Waals surface area contributed by atoms with E-state index in [4.69, 9.17) is 0 Å². The molecule has 0 aliphatic carbocycles. The Morgan fingerprint density at radius 1 is 1.09 bits per heavy atom. The van der Waals surface area contributed by atoms with Crippen LogP contribution in [0.1, 0.15) is 5.30 Å². The largest absolute Gasteiger partial charge is 0.132 e. The molecule has 1 atom stereocenters. The van der Waals surface area contributed by atoms with Crippen molar-refractivity contribution < 1.29 is 0 Å². The average molecular weight is 162 g/mol. The molecule has 0 nitrogen and oxygen atoms in total. The SMILES string of the molecule is C=Cc1ccccccc[pH]1. The Kier molecular flexibility index (Phi) is 3.51. The molecule has 1 rings (SSSR count). The van der Waals surface area contributed by atoms with E-state index in [0.29, 0.717) is 0 Å². The first-order valence-electron chi connectivity index (χ1n) is 3.52. The van der Waals surface area contributed by atoms with Crippen LogP contribution in [0.4, 0.5) is 0 Å². The zero-order chi connectivity index (χ0) is 7.94. The van der Waals surface area contributed by atoms with E-state index in [1.165, 1.54) is 5.30 Å². The minimum absolute atomic E-state index is 0.737. The minimum atomic E-state index is 0.737. The second kappa shape index (κ2) is 4.76. The van der Waals surface area contributed by atoms with Gasteiger partial charge in [-0.05, 0) is 11.1 Å². The summed E-state index contributed by atoms with van der Waals surface area (Å²) in [6.07, 6.45) is 1.90. The van der Waals surface area contributed by atoms with Crippen molar-refractivity contribution in [3.63, 3.8) is 0 Å². The molecular weight excluding hydrogens is 151 g/mol. The minimum Gasteiger partial charge on any atom is -0.132 e. The molecule has 1 unspecified atom stereocenters. The molecule has 1 aromatic heterocycles. The predicted molar refractivity (Wildman–Crippen MR) is 53.7 cm³/mol. The molecule has 0 aliphatic rings. The highest BCUT2D eigenvalue weighted by molar-refractivity contribution is 7.30. The molecule has 0 aliphatic heterocycles. The van der Waals surface area contributed by atoms with E-state index in [1.807, 2.05) is 30.3 Å². The average Bonchev–Trinajstić information content (AvgIpc) is 2.16. The van der Waals surface area contributed by atoms with Gasteiger partial charge < -0.3 is 0 Å². The van der Waals surface area contributed by atoms with Gasteiger partial charge in [0.1, 0.15) is 0 Å². The van der Waals surface area contributed by atoms with Crippen LogP contribution in [-0.2, 0) is 0 Å². The molecule has 0 bridgehead atoms. The lowest BCUT2D eigenvalue weighted by Gasteiger charge is -1.81. The predicted octanol–water partition coefficient (Wildman–Crippen LogP) is 3.49. The molecule has 0 amide bonds. The van der Waals surface area contributed by atoms with Crippen molar-refractivity contribution in [3.8, 4) is 0 Å². The van der Waals surface area contributed by atoms with Crippen molar-refractivity contribution in [3.05, 3.63) is 54.1 Å². The fraction of sp³-hybridized carbons (Fsp3) is 0. The highest BCUT2D eigenvalue weighted by Crippen LogP contribution is 2.10. The first-order valence-corrected chi connectivity index (χ1v) is 4.60. The van der Waals surface area contributed by atoms with E-state index < -0.39 is 0 Å². The molecule has 1 aromatic rings. The Morgan fingerprint density at radius 2 is 1.82 bits per heavy atom. The van der Waals surface area contributed by atoms with Gasteiger partial charge in [0.15, 0.2) is 0 Å². The summed E-state index contributed by atoms with van der Waals surface area (Å²) in [5.74, 6) is 2.15. The monoisotopic (exact) mass is 162 g/mol. The molecule has 11 heavy (non-hydrogen) atoms. The Hall–Kier alpha value is -1.000. The first-order chi connectivity index (χ1) is 5.43. The number of rotatable bonds is 1. The Balaban J connectivity index is 3.16. The van der Waals surface area contributed by atoms with Gasteiger partial charge >= 0.3 is 0 Å². The standard InChI is InChI=1S/C10H11P/c1-2-10-8-6-4-3-5-7-9-11-10/h2-9,11H,1H2. The molecular formula is C10H11P. The fourth-order valence-electron chi connectivity index (χ4n) is 0.727. The lowest BCUT2D eigenvalue weighted by molar-refractivity contribution is 1.80. The topological polar surface area (TPSA) is 0 Å². The number of hydrogen-bond donors (Lipinski definition) is 0. The van der Waals surface area contributed by atoms with E-state index in [9.17, 15) is 0 Å². The highest BCUT2D eigenvalue weighted by atomic mass is 31.0. The van der Waals surface area contributed by atoms with Crippen molar-refractivity contribution in [2.45, 2.75) is 0 Å². The summed E-state index contributed by atoms with van der Waals surface area (Å²) >= 11 is 0. The highest BCUT2D eigenvalue weighted by Gasteiger charge is 1.73. The zero-order valence-corrected chi connectivity index (χ0v) is 7.33. The second-order valence-corrected chi connectivity index (χ2v) is 3.30. The molecule has 0 radical (unpaired) electrons. The Morgan fingerprint density at radius 3 is 2.64 bits per heavy atom. The Labute approximate surface area is 69.0 Å². The zero-order valence-electron chi connectivity index (χ0n) is 6.33. The van der Waals surface area contributed by atoms with Crippen molar-refractivity contribution in [1.29, 1.82) is 0 Å². The van der Waals surface area contributed by atoms with Crippen LogP contribution in [0.3, 0.4) is 0 Å². The summed E-state index contributed by atoms with van der Waals surface area (Å²) in [6, 6.07) is 12.3. The van der Waals surface area contributed by atoms with Gasteiger partial charge in [-0.1, -0.05) is 49.1 Å². The summed E-state index contributed by atoms with van der Waals surface area (Å²) in [5.41, 5.74) is 0. The van der Waals surface area contributed by atoms with Gasteiger partial charge in [0.25, 0.3) is 0 Å². The maximum absolute atomic E-state index is 3.74. The lowest BCUT2D eigenvalue weighted by Crippen LogP contribution is -1.51. The molecule has 1 heterocycles. The van der Waals surface area contributed by atoms with E-state index in [1.54, 1.807) is 0 Å². The summed E-state index contributed by atoms with van der Waals surface area (Å²) in [4.78, 5) is 0. The van der Waals surface area contributed by atoms with Gasteiger partial charge in [-0.3, -0.25) is 0 Å². The molecule has 0 saturated carbocycles. The van der Waals surface area contributed by atoms with Gasteiger partial charge in [-0.25, -0.2) is 0 Å². The molecule has 56 valence electrons. The molecule has 0 aromatic carbocycles. The van der Waals surface area contributed by atoms with E-state index in [-0.39, 0.29) is 0 Å². The maximum atomic E-state index is 3.74. The Bertz CT molecular complexity index is 248. The van der Waals surface area contributed by atoms with Crippen molar-refractivity contribution >= 4 is 14.3 Å². The summed E-state index contributed by atoms with van der Waals surface area (Å²) < 4.78 is 0. The van der Waals surface area contributed by atoms with Gasteiger partial charge in [0.2, 0.25) is 0 Å². The molecule has 1 heteroatoms. The third kappa shape index (κ3) is 3.06. The van der Waals surface area contributed by atoms with Crippen molar-refractivity contribution in [2.24, 2.45) is 0 Å². The van der Waals surface area contributed by atoms with Crippen LogP contribution in [0.5, 0.6) is 0 Å². The fourth-order valence-corrected chi connectivity index (χ4v) is 1.44. The van der Waals surface area contributed by atoms with Gasteiger partial charge in [0, 0.05) is 0 Å². The molecule has 0 spiro atoms. The van der Waals surface area contributed by atoms with Crippen LogP contribution in [0.25, 0.3) is 6.08 Å². The van der Waals surface area contributed by atoms with Crippen LogP contribution in [0, 0.1) is 0 Å². The van der Waals surface area contributed by atoms with Crippen LogP contribution in [0.15, 0.2) is 48.8 Å². The molecule has 0 fully saturated rings. The van der Waals surface area contributed by atoms with Crippen molar-refractivity contribution in [1.82, 2.24) is 0 Å². The van der Waals surface area contributed by atoms with Gasteiger partial charge in [-0.2, -0.15) is 0 Å². The van der Waals surface area contributed by atoms with Crippen LogP contribution in [0.2, 0.25) is 0 Å². The molecule has 0 N–H and O–H groups in total. The van der Waals surface area contributed by atoms with Crippen molar-refractivity contribution in [2.75, 3.05) is 0 Å². The number of hydrogen-bond acceptors (Lipinski definition) is 0. The van der Waals surface area contributed by atoms with Gasteiger partial charge in [0.05, 0.1) is 0 Å². The quantitative estimate of drug-likeness (QED) is 0.593.